The van der Waals surface area contributed by atoms with Gasteiger partial charge >= 0.3 is 5.97 Å². The number of rotatable bonds is 8. The molecule has 0 radical (unpaired) electrons. The molecular weight excluding hydrogens is 364 g/mol. The fourth-order valence-electron chi connectivity index (χ4n) is 4.78. The molecule has 1 aliphatic heterocycles. The van der Waals surface area contributed by atoms with Crippen molar-refractivity contribution < 1.29 is 19.0 Å². The Kier molecular flexibility index (Phi) is 6.92. The molecule has 1 aromatic carbocycles. The molecule has 4 nitrogen and oxygen atoms in total. The lowest BCUT2D eigenvalue weighted by Gasteiger charge is -2.47. The van der Waals surface area contributed by atoms with E-state index in [9.17, 15) is 4.79 Å². The van der Waals surface area contributed by atoms with Crippen LogP contribution in [0.1, 0.15) is 83.8 Å². The number of hydrogen-bond acceptors (Lipinski definition) is 4. The first-order valence-electron chi connectivity index (χ1n) is 11.2. The third-order valence-corrected chi connectivity index (χ3v) is 6.27. The fourth-order valence-corrected chi connectivity index (χ4v) is 4.78. The van der Waals surface area contributed by atoms with Crippen LogP contribution < -0.4 is 9.47 Å². The molecule has 3 rings (SSSR count). The van der Waals surface area contributed by atoms with Gasteiger partial charge in [-0.3, -0.25) is 0 Å². The van der Waals surface area contributed by atoms with Crippen molar-refractivity contribution in [3.8, 4) is 11.5 Å². The second-order valence-electron chi connectivity index (χ2n) is 8.97. The summed E-state index contributed by atoms with van der Waals surface area (Å²) >= 11 is 0. The lowest BCUT2D eigenvalue weighted by Crippen LogP contribution is -2.45. The zero-order valence-corrected chi connectivity index (χ0v) is 18.7. The summed E-state index contributed by atoms with van der Waals surface area (Å²) in [5.74, 6) is 2.14. The molecule has 2 atom stereocenters. The minimum atomic E-state index is -0.328. The molecule has 0 unspecified atom stereocenters. The van der Waals surface area contributed by atoms with Crippen LogP contribution in [-0.4, -0.2) is 24.8 Å². The maximum absolute atomic E-state index is 11.9. The van der Waals surface area contributed by atoms with E-state index in [2.05, 4.69) is 45.9 Å². The smallest absolute Gasteiger partial charge is 0.344 e. The molecule has 0 bridgehead atoms. The van der Waals surface area contributed by atoms with Crippen molar-refractivity contribution in [2.75, 3.05) is 13.2 Å². The predicted octanol–water partition coefficient (Wildman–Crippen LogP) is 5.97. The summed E-state index contributed by atoms with van der Waals surface area (Å²) in [5, 5.41) is 0. The quantitative estimate of drug-likeness (QED) is 0.306. The monoisotopic (exact) mass is 400 g/mol. The minimum Gasteiger partial charge on any atom is -0.487 e. The lowest BCUT2D eigenvalue weighted by molar-refractivity contribution is -0.145. The minimum absolute atomic E-state index is 0.0612. The van der Waals surface area contributed by atoms with Gasteiger partial charge in [0.1, 0.15) is 17.1 Å². The summed E-state index contributed by atoms with van der Waals surface area (Å²) in [6.45, 7) is 10.9. The number of unbranched alkanes of at least 4 members (excludes halogenated alkanes) is 2. The zero-order valence-electron chi connectivity index (χ0n) is 18.7. The van der Waals surface area contributed by atoms with Gasteiger partial charge in [-0.05, 0) is 71.1 Å². The number of carbonyl (C=O) groups excluding carboxylic acids is 1. The summed E-state index contributed by atoms with van der Waals surface area (Å²) in [6.07, 6.45) is 8.90. The Labute approximate surface area is 175 Å². The number of allylic oxidation sites excluding steroid dienone is 2. The molecule has 0 saturated carbocycles. The largest absolute Gasteiger partial charge is 0.487 e. The molecule has 2 aliphatic rings. The van der Waals surface area contributed by atoms with Gasteiger partial charge in [-0.1, -0.05) is 31.4 Å². The van der Waals surface area contributed by atoms with E-state index in [0.717, 1.165) is 42.7 Å². The number of aryl methyl sites for hydroxylation is 1. The van der Waals surface area contributed by atoms with Gasteiger partial charge in [0.25, 0.3) is 0 Å². The molecule has 0 fully saturated rings. The number of fused-ring (bicyclic) bond motifs is 3. The average Bonchev–Trinajstić information content (AvgIpc) is 2.65. The Bertz CT molecular complexity index is 762. The normalized spacial score (nSPS) is 22.0. The van der Waals surface area contributed by atoms with Gasteiger partial charge < -0.3 is 14.2 Å². The second-order valence-corrected chi connectivity index (χ2v) is 8.97. The van der Waals surface area contributed by atoms with Crippen LogP contribution in [0.2, 0.25) is 0 Å². The molecule has 160 valence electrons. The third-order valence-electron chi connectivity index (χ3n) is 6.27. The van der Waals surface area contributed by atoms with Crippen molar-refractivity contribution in [3.05, 3.63) is 34.9 Å². The van der Waals surface area contributed by atoms with Gasteiger partial charge in [-0.15, -0.1) is 0 Å². The molecule has 0 spiro atoms. The molecule has 29 heavy (non-hydrogen) atoms. The highest BCUT2D eigenvalue weighted by molar-refractivity contribution is 5.71. The van der Waals surface area contributed by atoms with Crippen molar-refractivity contribution in [1.82, 2.24) is 0 Å². The van der Waals surface area contributed by atoms with Crippen molar-refractivity contribution in [1.29, 1.82) is 0 Å². The summed E-state index contributed by atoms with van der Waals surface area (Å²) in [6, 6.07) is 4.33. The van der Waals surface area contributed by atoms with Crippen LogP contribution in [0.25, 0.3) is 0 Å². The SMILES string of the molecule is CCCCCc1cc(OCC(=O)OCC)c2c(c1)OC(C)(C)[C@@H]1CC=C(C)C[C@@H]21. The van der Waals surface area contributed by atoms with Gasteiger partial charge in [0.15, 0.2) is 6.61 Å². The highest BCUT2D eigenvalue weighted by Crippen LogP contribution is 2.54. The number of hydrogen-bond donors (Lipinski definition) is 0. The number of esters is 1. The maximum atomic E-state index is 11.9. The van der Waals surface area contributed by atoms with E-state index in [4.69, 9.17) is 14.2 Å². The Morgan fingerprint density at radius 2 is 2.03 bits per heavy atom. The first-order chi connectivity index (χ1) is 13.9. The van der Waals surface area contributed by atoms with Crippen LogP contribution >= 0.6 is 0 Å². The van der Waals surface area contributed by atoms with E-state index < -0.39 is 0 Å². The van der Waals surface area contributed by atoms with Crippen LogP contribution in [0.15, 0.2) is 23.8 Å². The lowest BCUT2D eigenvalue weighted by atomic mass is 9.67. The van der Waals surface area contributed by atoms with Gasteiger partial charge in [-0.2, -0.15) is 0 Å². The molecule has 1 aromatic rings. The van der Waals surface area contributed by atoms with E-state index in [1.54, 1.807) is 0 Å². The Morgan fingerprint density at radius 3 is 2.76 bits per heavy atom. The molecule has 0 amide bonds. The van der Waals surface area contributed by atoms with Gasteiger partial charge in [0.05, 0.1) is 6.61 Å². The third kappa shape index (κ3) is 4.96. The predicted molar refractivity (Wildman–Crippen MR) is 116 cm³/mol. The fraction of sp³-hybridized carbons (Fsp3) is 0.640. The summed E-state index contributed by atoms with van der Waals surface area (Å²) in [7, 11) is 0. The van der Waals surface area contributed by atoms with Crippen molar-refractivity contribution in [3.63, 3.8) is 0 Å². The average molecular weight is 401 g/mol. The standard InChI is InChI=1S/C25H36O4/c1-6-8-9-10-18-14-21(28-16-23(26)27-7-2)24-19-13-17(3)11-12-20(19)25(4,5)29-22(24)15-18/h11,14-15,19-20H,6-10,12-13,16H2,1-5H3/t19-,20-/m1/s1. The van der Waals surface area contributed by atoms with Crippen LogP contribution in [0.3, 0.4) is 0 Å². The van der Waals surface area contributed by atoms with Crippen molar-refractivity contribution in [2.24, 2.45) is 5.92 Å². The maximum Gasteiger partial charge on any atom is 0.344 e. The highest BCUT2D eigenvalue weighted by Gasteiger charge is 2.46. The summed E-state index contributed by atoms with van der Waals surface area (Å²) in [5.41, 5.74) is 3.53. The van der Waals surface area contributed by atoms with Gasteiger partial charge in [0.2, 0.25) is 0 Å². The van der Waals surface area contributed by atoms with Crippen LogP contribution in [0.5, 0.6) is 11.5 Å². The van der Waals surface area contributed by atoms with Crippen molar-refractivity contribution >= 4 is 5.97 Å². The Hall–Kier alpha value is -1.97. The van der Waals surface area contributed by atoms with Crippen LogP contribution in [0.4, 0.5) is 0 Å². The zero-order chi connectivity index (χ0) is 21.0. The Morgan fingerprint density at radius 1 is 1.24 bits per heavy atom. The molecule has 0 aromatic heterocycles. The van der Waals surface area contributed by atoms with E-state index in [0.29, 0.717) is 18.4 Å². The van der Waals surface area contributed by atoms with E-state index in [1.165, 1.54) is 24.0 Å². The second kappa shape index (κ2) is 9.23. The summed E-state index contributed by atoms with van der Waals surface area (Å²) < 4.78 is 17.7. The van der Waals surface area contributed by atoms with Gasteiger partial charge in [0, 0.05) is 17.4 Å². The molecule has 1 aliphatic carbocycles. The number of benzene rings is 1. The summed E-state index contributed by atoms with van der Waals surface area (Å²) in [4.78, 5) is 11.9. The molecule has 0 N–H and O–H groups in total. The van der Waals surface area contributed by atoms with Crippen LogP contribution in [0, 0.1) is 5.92 Å². The van der Waals surface area contributed by atoms with E-state index in [1.807, 2.05) is 6.92 Å². The topological polar surface area (TPSA) is 44.8 Å². The number of carbonyl (C=O) groups is 1. The van der Waals surface area contributed by atoms with Crippen LogP contribution in [-0.2, 0) is 16.0 Å². The van der Waals surface area contributed by atoms with E-state index in [-0.39, 0.29) is 18.2 Å². The molecule has 4 heteroatoms. The highest BCUT2D eigenvalue weighted by atomic mass is 16.6. The van der Waals surface area contributed by atoms with Crippen molar-refractivity contribution in [2.45, 2.75) is 84.7 Å². The molecule has 0 saturated heterocycles. The Balaban J connectivity index is 1.97. The molecule has 1 heterocycles. The molecular formula is C25H36O4. The first kappa shape index (κ1) is 21.7. The first-order valence-corrected chi connectivity index (χ1v) is 11.2. The van der Waals surface area contributed by atoms with E-state index >= 15 is 0 Å². The number of ether oxygens (including phenoxy) is 3. The van der Waals surface area contributed by atoms with Gasteiger partial charge in [-0.25, -0.2) is 4.79 Å².